The summed E-state index contributed by atoms with van der Waals surface area (Å²) < 4.78 is 5.81. The van der Waals surface area contributed by atoms with Gasteiger partial charge in [-0.1, -0.05) is 43.2 Å². The van der Waals surface area contributed by atoms with Crippen molar-refractivity contribution in [3.63, 3.8) is 0 Å². The second kappa shape index (κ2) is 10.4. The highest BCUT2D eigenvalue weighted by Crippen LogP contribution is 2.21. The molecule has 1 amide bonds. The lowest BCUT2D eigenvalue weighted by Crippen LogP contribution is -2.22. The summed E-state index contributed by atoms with van der Waals surface area (Å²) in [6.45, 7) is 1.25. The molecule has 0 aliphatic rings. The van der Waals surface area contributed by atoms with E-state index in [1.54, 1.807) is 0 Å². The molecule has 128 valence electrons. The zero-order valence-corrected chi connectivity index (χ0v) is 14.0. The Balaban J connectivity index is 1.74. The maximum atomic E-state index is 11.9. The van der Waals surface area contributed by atoms with Gasteiger partial charge in [0.15, 0.2) is 0 Å². The highest BCUT2D eigenvalue weighted by atomic mass is 16.5. The monoisotopic (exact) mass is 326 g/mol. The number of carbonyl (C=O) groups excluding carboxylic acids is 1. The normalized spacial score (nSPS) is 10.4. The lowest BCUT2D eigenvalue weighted by Gasteiger charge is -2.09. The molecule has 0 aromatic heterocycles. The van der Waals surface area contributed by atoms with E-state index < -0.39 is 0 Å². The number of nitrogens with one attached hydrogen (secondary N) is 1. The Bertz CT molecular complexity index is 614. The van der Waals surface area contributed by atoms with E-state index in [0.717, 1.165) is 49.3 Å². The molecule has 2 aromatic carbocycles. The van der Waals surface area contributed by atoms with Crippen molar-refractivity contribution < 1.29 is 9.53 Å². The predicted molar refractivity (Wildman–Crippen MR) is 96.9 cm³/mol. The van der Waals surface area contributed by atoms with Crippen LogP contribution in [0.4, 0.5) is 0 Å². The Morgan fingerprint density at radius 2 is 1.67 bits per heavy atom. The van der Waals surface area contributed by atoms with Crippen LogP contribution in [0.25, 0.3) is 0 Å². The molecule has 3 N–H and O–H groups in total. The molecular formula is C20H26N2O2. The first-order chi connectivity index (χ1) is 11.8. The van der Waals surface area contributed by atoms with Crippen LogP contribution in [0.2, 0.25) is 0 Å². The molecule has 2 aromatic rings. The van der Waals surface area contributed by atoms with Crippen LogP contribution in [0.1, 0.15) is 37.7 Å². The summed E-state index contributed by atoms with van der Waals surface area (Å²) in [6.07, 6.45) is 4.69. The lowest BCUT2D eigenvalue weighted by atomic mass is 10.1. The largest absolute Gasteiger partial charge is 0.457 e. The minimum Gasteiger partial charge on any atom is -0.457 e. The van der Waals surface area contributed by atoms with Gasteiger partial charge in [-0.25, -0.2) is 0 Å². The third-order valence-electron chi connectivity index (χ3n) is 3.72. The van der Waals surface area contributed by atoms with E-state index in [9.17, 15) is 4.79 Å². The number of carbonyl (C=O) groups is 1. The summed E-state index contributed by atoms with van der Waals surface area (Å²) in [7, 11) is 0. The first kappa shape index (κ1) is 18.0. The third kappa shape index (κ3) is 6.84. The van der Waals surface area contributed by atoms with E-state index in [0.29, 0.717) is 13.0 Å². The molecular weight excluding hydrogens is 300 g/mol. The molecule has 0 fully saturated rings. The van der Waals surface area contributed by atoms with Gasteiger partial charge in [0.2, 0.25) is 5.91 Å². The van der Waals surface area contributed by atoms with Crippen LogP contribution >= 0.6 is 0 Å². The number of hydrogen-bond donors (Lipinski definition) is 2. The van der Waals surface area contributed by atoms with Crippen LogP contribution in [0.5, 0.6) is 11.5 Å². The molecule has 0 atom stereocenters. The van der Waals surface area contributed by atoms with E-state index in [1.807, 2.05) is 54.6 Å². The number of rotatable bonds is 10. The van der Waals surface area contributed by atoms with Crippen molar-refractivity contribution in [1.29, 1.82) is 0 Å². The summed E-state index contributed by atoms with van der Waals surface area (Å²) in [4.78, 5) is 11.9. The van der Waals surface area contributed by atoms with Crippen LogP contribution < -0.4 is 15.8 Å². The third-order valence-corrected chi connectivity index (χ3v) is 3.72. The average molecular weight is 326 g/mol. The van der Waals surface area contributed by atoms with E-state index >= 15 is 0 Å². The zero-order valence-electron chi connectivity index (χ0n) is 14.0. The molecule has 2 rings (SSSR count). The molecule has 0 saturated heterocycles. The maximum absolute atomic E-state index is 11.9. The number of unbranched alkanes of at least 4 members (excludes halogenated alkanes) is 3. The number of hydrogen-bond acceptors (Lipinski definition) is 3. The van der Waals surface area contributed by atoms with Crippen LogP contribution in [-0.2, 0) is 11.3 Å². The fraction of sp³-hybridized carbons (Fsp3) is 0.350. The summed E-state index contributed by atoms with van der Waals surface area (Å²) in [5.41, 5.74) is 6.48. The standard InChI is InChI=1S/C20H26N2O2/c21-14-7-2-1-6-13-20(23)22-16-17-9-8-12-19(15-17)24-18-10-4-3-5-11-18/h3-5,8-12,15H,1-2,6-7,13-14,16,21H2,(H,22,23). The van der Waals surface area contributed by atoms with Crippen molar-refractivity contribution in [2.45, 2.75) is 38.6 Å². The molecule has 0 aliphatic carbocycles. The second-order valence-corrected chi connectivity index (χ2v) is 5.79. The fourth-order valence-corrected chi connectivity index (χ4v) is 2.42. The SMILES string of the molecule is NCCCCCCC(=O)NCc1cccc(Oc2ccccc2)c1. The number of nitrogens with two attached hydrogens (primary N) is 1. The van der Waals surface area contributed by atoms with Crippen molar-refractivity contribution >= 4 is 5.91 Å². The van der Waals surface area contributed by atoms with E-state index in [-0.39, 0.29) is 5.91 Å². The topological polar surface area (TPSA) is 64.4 Å². The number of amides is 1. The summed E-state index contributed by atoms with van der Waals surface area (Å²) >= 11 is 0. The molecule has 0 radical (unpaired) electrons. The first-order valence-electron chi connectivity index (χ1n) is 8.56. The Labute approximate surface area is 144 Å². The fourth-order valence-electron chi connectivity index (χ4n) is 2.42. The van der Waals surface area contributed by atoms with Gasteiger partial charge in [0.05, 0.1) is 0 Å². The molecule has 0 bridgehead atoms. The van der Waals surface area contributed by atoms with Gasteiger partial charge in [0.25, 0.3) is 0 Å². The number of para-hydroxylation sites is 1. The molecule has 0 unspecified atom stereocenters. The average Bonchev–Trinajstić information content (AvgIpc) is 2.61. The Hall–Kier alpha value is -2.33. The van der Waals surface area contributed by atoms with E-state index in [2.05, 4.69) is 5.32 Å². The molecule has 24 heavy (non-hydrogen) atoms. The minimum atomic E-state index is 0.0946. The summed E-state index contributed by atoms with van der Waals surface area (Å²) in [5.74, 6) is 1.67. The number of ether oxygens (including phenoxy) is 1. The van der Waals surface area contributed by atoms with Crippen molar-refractivity contribution in [3.05, 3.63) is 60.2 Å². The predicted octanol–water partition coefficient (Wildman–Crippen LogP) is 4.00. The zero-order chi connectivity index (χ0) is 17.0. The number of benzene rings is 2. The van der Waals surface area contributed by atoms with Crippen molar-refractivity contribution in [3.8, 4) is 11.5 Å². The lowest BCUT2D eigenvalue weighted by molar-refractivity contribution is -0.121. The van der Waals surface area contributed by atoms with E-state index in [4.69, 9.17) is 10.5 Å². The Kier molecular flexibility index (Phi) is 7.84. The Morgan fingerprint density at radius 3 is 2.46 bits per heavy atom. The summed E-state index contributed by atoms with van der Waals surface area (Å²) in [6, 6.07) is 17.4. The van der Waals surface area contributed by atoms with Gasteiger partial charge >= 0.3 is 0 Å². The van der Waals surface area contributed by atoms with Gasteiger partial charge in [-0.05, 0) is 49.2 Å². The van der Waals surface area contributed by atoms with Gasteiger partial charge in [-0.2, -0.15) is 0 Å². The van der Waals surface area contributed by atoms with Crippen molar-refractivity contribution in [1.82, 2.24) is 5.32 Å². The van der Waals surface area contributed by atoms with Gasteiger partial charge < -0.3 is 15.8 Å². The van der Waals surface area contributed by atoms with Gasteiger partial charge in [0.1, 0.15) is 11.5 Å². The minimum absolute atomic E-state index is 0.0946. The van der Waals surface area contributed by atoms with Crippen molar-refractivity contribution in [2.24, 2.45) is 5.73 Å². The maximum Gasteiger partial charge on any atom is 0.220 e. The van der Waals surface area contributed by atoms with E-state index in [1.165, 1.54) is 0 Å². The summed E-state index contributed by atoms with van der Waals surface area (Å²) in [5, 5.41) is 2.96. The molecule has 0 spiro atoms. The highest BCUT2D eigenvalue weighted by molar-refractivity contribution is 5.75. The Morgan fingerprint density at radius 1 is 0.917 bits per heavy atom. The molecule has 0 saturated carbocycles. The second-order valence-electron chi connectivity index (χ2n) is 5.79. The van der Waals surface area contributed by atoms with Gasteiger partial charge in [0, 0.05) is 13.0 Å². The first-order valence-corrected chi connectivity index (χ1v) is 8.56. The molecule has 0 heterocycles. The smallest absolute Gasteiger partial charge is 0.220 e. The van der Waals surface area contributed by atoms with Crippen molar-refractivity contribution in [2.75, 3.05) is 6.54 Å². The van der Waals surface area contributed by atoms with Gasteiger partial charge in [-0.15, -0.1) is 0 Å². The molecule has 4 nitrogen and oxygen atoms in total. The quantitative estimate of drug-likeness (QED) is 0.649. The molecule has 4 heteroatoms. The van der Waals surface area contributed by atoms with Crippen LogP contribution in [0.15, 0.2) is 54.6 Å². The van der Waals surface area contributed by atoms with Crippen LogP contribution in [0, 0.1) is 0 Å². The van der Waals surface area contributed by atoms with Crippen LogP contribution in [0.3, 0.4) is 0 Å². The van der Waals surface area contributed by atoms with Gasteiger partial charge in [-0.3, -0.25) is 4.79 Å². The molecule has 0 aliphatic heterocycles. The van der Waals surface area contributed by atoms with Crippen LogP contribution in [-0.4, -0.2) is 12.5 Å². The highest BCUT2D eigenvalue weighted by Gasteiger charge is 2.03.